The van der Waals surface area contributed by atoms with Crippen LogP contribution in [0, 0.1) is 0 Å². The van der Waals surface area contributed by atoms with Gasteiger partial charge in [-0.25, -0.2) is 4.84 Å². The Labute approximate surface area is 164 Å². The van der Waals surface area contributed by atoms with E-state index in [2.05, 4.69) is 21.1 Å². The van der Waals surface area contributed by atoms with Gasteiger partial charge in [0.1, 0.15) is 17.5 Å². The van der Waals surface area contributed by atoms with Gasteiger partial charge in [0, 0.05) is 23.9 Å². The number of rotatable bonds is 3. The molecule has 142 valence electrons. The van der Waals surface area contributed by atoms with E-state index < -0.39 is 12.1 Å². The van der Waals surface area contributed by atoms with Crippen LogP contribution in [0.1, 0.15) is 10.5 Å². The van der Waals surface area contributed by atoms with Gasteiger partial charge in [0.2, 0.25) is 0 Å². The van der Waals surface area contributed by atoms with Gasteiger partial charge in [-0.2, -0.15) is 10.4 Å². The molecular weight excluding hydrogens is 395 g/mol. The van der Waals surface area contributed by atoms with E-state index in [0.717, 1.165) is 5.23 Å². The van der Waals surface area contributed by atoms with Crippen molar-refractivity contribution in [3.63, 3.8) is 0 Å². The molecule has 2 aliphatic heterocycles. The number of primary amides is 1. The molecule has 1 amide bonds. The second-order valence-electron chi connectivity index (χ2n) is 5.91. The molecule has 0 aliphatic carbocycles. The standard InChI is InChI=1S/C16H16Cl2N6O3/c17-11-7-21-16-15(22-11)23-27-24(26-16)10-5-1-3-8(12(10)18)9-4-2-6-20-13(9)14(19)25/h1-6,11,15-16,21-23H,7H2,(H2,19,25). The number of hydroxylamine groups is 1. The summed E-state index contributed by atoms with van der Waals surface area (Å²) >= 11 is 12.6. The number of carbonyl (C=O) groups is 1. The Bertz CT molecular complexity index is 870. The molecule has 9 nitrogen and oxygen atoms in total. The SMILES string of the molecule is NC(=O)c1ncccc1-c1cccc(N2ONC3NC(Cl)CNC3O2)c1Cl. The highest BCUT2D eigenvalue weighted by molar-refractivity contribution is 6.36. The molecule has 3 unspecified atom stereocenters. The Morgan fingerprint density at radius 2 is 2.11 bits per heavy atom. The van der Waals surface area contributed by atoms with Crippen LogP contribution >= 0.6 is 23.2 Å². The largest absolute Gasteiger partial charge is 0.364 e. The maximum Gasteiger partial charge on any atom is 0.267 e. The van der Waals surface area contributed by atoms with Crippen LogP contribution in [0.5, 0.6) is 0 Å². The number of hydrogen-bond donors (Lipinski definition) is 4. The molecule has 0 bridgehead atoms. The second-order valence-corrected chi connectivity index (χ2v) is 6.82. The number of benzene rings is 1. The van der Waals surface area contributed by atoms with Gasteiger partial charge in [0.15, 0.2) is 6.23 Å². The number of nitrogens with one attached hydrogen (secondary N) is 3. The van der Waals surface area contributed by atoms with E-state index in [-0.39, 0.29) is 17.4 Å². The molecular formula is C16H16Cl2N6O3. The first-order valence-corrected chi connectivity index (χ1v) is 8.92. The number of pyridine rings is 1. The lowest BCUT2D eigenvalue weighted by Gasteiger charge is -2.42. The van der Waals surface area contributed by atoms with Gasteiger partial charge in [-0.1, -0.05) is 29.8 Å². The van der Waals surface area contributed by atoms with Crippen molar-refractivity contribution in [1.29, 1.82) is 0 Å². The average molecular weight is 411 g/mol. The van der Waals surface area contributed by atoms with E-state index in [9.17, 15) is 4.79 Å². The number of nitrogens with zero attached hydrogens (tertiary/aromatic N) is 2. The van der Waals surface area contributed by atoms with Gasteiger partial charge in [-0.3, -0.25) is 20.4 Å². The number of fused-ring (bicyclic) bond motifs is 1. The Morgan fingerprint density at radius 3 is 2.93 bits per heavy atom. The molecule has 2 aliphatic rings. The van der Waals surface area contributed by atoms with E-state index in [1.54, 1.807) is 30.3 Å². The van der Waals surface area contributed by atoms with E-state index in [1.165, 1.54) is 6.20 Å². The lowest BCUT2D eigenvalue weighted by molar-refractivity contribution is -0.244. The van der Waals surface area contributed by atoms with Gasteiger partial charge in [0.25, 0.3) is 5.91 Å². The minimum Gasteiger partial charge on any atom is -0.364 e. The summed E-state index contributed by atoms with van der Waals surface area (Å²) in [5.74, 6) is -0.643. The van der Waals surface area contributed by atoms with Gasteiger partial charge in [-0.05, 0) is 12.1 Å². The van der Waals surface area contributed by atoms with Crippen LogP contribution in [-0.4, -0.2) is 35.3 Å². The van der Waals surface area contributed by atoms with E-state index in [0.29, 0.717) is 28.4 Å². The number of hydrogen-bond acceptors (Lipinski definition) is 8. The van der Waals surface area contributed by atoms with Crippen molar-refractivity contribution in [2.45, 2.75) is 17.9 Å². The molecule has 2 saturated heterocycles. The molecule has 0 spiro atoms. The first kappa shape index (κ1) is 18.4. The van der Waals surface area contributed by atoms with E-state index >= 15 is 0 Å². The zero-order valence-corrected chi connectivity index (χ0v) is 15.4. The summed E-state index contributed by atoms with van der Waals surface area (Å²) < 4.78 is 0. The Morgan fingerprint density at radius 1 is 1.30 bits per heavy atom. The fraction of sp³-hybridized carbons (Fsp3) is 0.250. The van der Waals surface area contributed by atoms with Gasteiger partial charge in [0.05, 0.1) is 10.5 Å². The van der Waals surface area contributed by atoms with Crippen LogP contribution < -0.4 is 27.1 Å². The normalized spacial score (nSPS) is 25.1. The maximum absolute atomic E-state index is 11.7. The molecule has 2 fully saturated rings. The van der Waals surface area contributed by atoms with Crippen molar-refractivity contribution in [3.05, 3.63) is 47.2 Å². The fourth-order valence-electron chi connectivity index (χ4n) is 2.90. The quantitative estimate of drug-likeness (QED) is 0.439. The van der Waals surface area contributed by atoms with Gasteiger partial charge < -0.3 is 5.73 Å². The summed E-state index contributed by atoms with van der Waals surface area (Å²) in [4.78, 5) is 27.0. The first-order chi connectivity index (χ1) is 13.0. The first-order valence-electron chi connectivity index (χ1n) is 8.11. The number of piperazine rings is 1. The maximum atomic E-state index is 11.7. The highest BCUT2D eigenvalue weighted by atomic mass is 35.5. The predicted molar refractivity (Wildman–Crippen MR) is 99.3 cm³/mol. The summed E-state index contributed by atoms with van der Waals surface area (Å²) in [6.45, 7) is 0.518. The number of aromatic nitrogens is 1. The van der Waals surface area contributed by atoms with Crippen LogP contribution in [0.15, 0.2) is 36.5 Å². The lowest BCUT2D eigenvalue weighted by atomic mass is 10.0. The Kier molecular flexibility index (Phi) is 5.15. The zero-order chi connectivity index (χ0) is 19.0. The molecule has 3 atom stereocenters. The monoisotopic (exact) mass is 410 g/mol. The number of alkyl halides is 1. The molecule has 27 heavy (non-hydrogen) atoms. The molecule has 1 aromatic heterocycles. The Balaban J connectivity index is 1.65. The van der Waals surface area contributed by atoms with Crippen molar-refractivity contribution in [1.82, 2.24) is 21.1 Å². The number of carbonyl (C=O) groups excluding carboxylic acids is 1. The topological polar surface area (TPSA) is 114 Å². The van der Waals surface area contributed by atoms with Crippen LogP contribution in [0.4, 0.5) is 5.69 Å². The van der Waals surface area contributed by atoms with Crippen LogP contribution in [0.25, 0.3) is 11.1 Å². The highest BCUT2D eigenvalue weighted by Gasteiger charge is 2.37. The van der Waals surface area contributed by atoms with Crippen molar-refractivity contribution < 1.29 is 14.6 Å². The molecule has 11 heteroatoms. The lowest BCUT2D eigenvalue weighted by Crippen LogP contribution is -2.70. The summed E-state index contributed by atoms with van der Waals surface area (Å²) in [5.41, 5.74) is 9.64. The van der Waals surface area contributed by atoms with Crippen LogP contribution in [0.2, 0.25) is 5.02 Å². The summed E-state index contributed by atoms with van der Waals surface area (Å²) in [6.07, 6.45) is 0.737. The van der Waals surface area contributed by atoms with Crippen LogP contribution in [-0.2, 0) is 9.78 Å². The predicted octanol–water partition coefficient (Wildman–Crippen LogP) is 1.10. The zero-order valence-electron chi connectivity index (χ0n) is 13.9. The number of anilines is 1. The second kappa shape index (κ2) is 7.56. The minimum absolute atomic E-state index is 0.126. The summed E-state index contributed by atoms with van der Waals surface area (Å²) in [6, 6.07) is 8.65. The summed E-state index contributed by atoms with van der Waals surface area (Å²) in [7, 11) is 0. The number of nitrogens with two attached hydrogens (primary N) is 1. The molecule has 1 aromatic carbocycles. The van der Waals surface area contributed by atoms with Crippen molar-refractivity contribution >= 4 is 34.8 Å². The summed E-state index contributed by atoms with van der Waals surface area (Å²) in [5, 5.41) is 7.71. The number of amides is 1. The van der Waals surface area contributed by atoms with Crippen molar-refractivity contribution in [2.24, 2.45) is 5.73 Å². The molecule has 4 rings (SSSR count). The Hall–Kier alpha value is -1.98. The van der Waals surface area contributed by atoms with Crippen molar-refractivity contribution in [3.8, 4) is 11.1 Å². The van der Waals surface area contributed by atoms with Crippen molar-refractivity contribution in [2.75, 3.05) is 11.8 Å². The smallest absolute Gasteiger partial charge is 0.267 e. The molecule has 3 heterocycles. The highest BCUT2D eigenvalue weighted by Crippen LogP contribution is 2.37. The third-order valence-corrected chi connectivity index (χ3v) is 4.82. The molecule has 0 radical (unpaired) electrons. The van der Waals surface area contributed by atoms with Crippen LogP contribution in [0.3, 0.4) is 0 Å². The molecule has 2 aromatic rings. The van der Waals surface area contributed by atoms with E-state index in [4.69, 9.17) is 38.7 Å². The average Bonchev–Trinajstić information content (AvgIpc) is 2.68. The van der Waals surface area contributed by atoms with Gasteiger partial charge in [-0.15, -0.1) is 16.8 Å². The number of halogens is 2. The van der Waals surface area contributed by atoms with E-state index in [1.807, 2.05) is 0 Å². The third-order valence-electron chi connectivity index (χ3n) is 4.14. The fourth-order valence-corrected chi connectivity index (χ4v) is 3.42. The molecule has 5 N–H and O–H groups in total. The minimum atomic E-state index is -0.643. The molecule has 0 saturated carbocycles. The van der Waals surface area contributed by atoms with Gasteiger partial charge >= 0.3 is 0 Å². The third kappa shape index (κ3) is 3.58.